The number of aromatic nitrogens is 2. The fourth-order valence-corrected chi connectivity index (χ4v) is 1.39. The zero-order valence-corrected chi connectivity index (χ0v) is 11.0. The SMILES string of the molecule is CCNC(=NCc1cnn(C)c1)NCCC(F)(F)F. The van der Waals surface area contributed by atoms with E-state index >= 15 is 0 Å². The summed E-state index contributed by atoms with van der Waals surface area (Å²) in [4.78, 5) is 4.19. The number of halogens is 3. The molecule has 0 aliphatic heterocycles. The quantitative estimate of drug-likeness (QED) is 0.632. The van der Waals surface area contributed by atoms with E-state index in [0.29, 0.717) is 19.0 Å². The number of hydrogen-bond donors (Lipinski definition) is 2. The van der Waals surface area contributed by atoms with Gasteiger partial charge in [-0.3, -0.25) is 4.68 Å². The van der Waals surface area contributed by atoms with Crippen LogP contribution < -0.4 is 10.6 Å². The highest BCUT2D eigenvalue weighted by molar-refractivity contribution is 5.79. The van der Waals surface area contributed by atoms with E-state index in [4.69, 9.17) is 0 Å². The first-order valence-corrected chi connectivity index (χ1v) is 5.97. The summed E-state index contributed by atoms with van der Waals surface area (Å²) in [5, 5.41) is 9.53. The first kappa shape index (κ1) is 15.3. The normalized spacial score (nSPS) is 12.6. The summed E-state index contributed by atoms with van der Waals surface area (Å²) < 4.78 is 37.8. The molecule has 0 atom stereocenters. The Morgan fingerprint density at radius 1 is 1.42 bits per heavy atom. The third kappa shape index (κ3) is 6.68. The Morgan fingerprint density at radius 3 is 2.68 bits per heavy atom. The maximum absolute atomic E-state index is 12.0. The van der Waals surface area contributed by atoms with Gasteiger partial charge in [-0.2, -0.15) is 18.3 Å². The Labute approximate surface area is 109 Å². The van der Waals surface area contributed by atoms with Gasteiger partial charge in [0, 0.05) is 31.9 Å². The molecule has 2 N–H and O–H groups in total. The molecule has 1 rings (SSSR count). The molecule has 8 heteroatoms. The third-order valence-electron chi connectivity index (χ3n) is 2.22. The lowest BCUT2D eigenvalue weighted by atomic mass is 10.4. The minimum absolute atomic E-state index is 0.192. The molecule has 19 heavy (non-hydrogen) atoms. The van der Waals surface area contributed by atoms with Crippen molar-refractivity contribution in [3.05, 3.63) is 18.0 Å². The summed E-state index contributed by atoms with van der Waals surface area (Å²) in [5.41, 5.74) is 0.899. The van der Waals surface area contributed by atoms with Crippen LogP contribution in [0, 0.1) is 0 Å². The molecule has 1 aromatic rings. The highest BCUT2D eigenvalue weighted by Crippen LogP contribution is 2.18. The minimum atomic E-state index is -4.16. The summed E-state index contributed by atoms with van der Waals surface area (Å²) in [6.45, 7) is 2.62. The molecule has 1 heterocycles. The summed E-state index contributed by atoms with van der Waals surface area (Å²) in [6.07, 6.45) is -1.57. The van der Waals surface area contributed by atoms with E-state index in [1.165, 1.54) is 0 Å². The lowest BCUT2D eigenvalue weighted by molar-refractivity contribution is -0.132. The van der Waals surface area contributed by atoms with Gasteiger partial charge in [0.05, 0.1) is 19.2 Å². The largest absolute Gasteiger partial charge is 0.390 e. The van der Waals surface area contributed by atoms with Crippen molar-refractivity contribution in [2.24, 2.45) is 12.0 Å². The highest BCUT2D eigenvalue weighted by Gasteiger charge is 2.26. The monoisotopic (exact) mass is 277 g/mol. The number of aryl methyl sites for hydroxylation is 1. The molecular weight excluding hydrogens is 259 g/mol. The minimum Gasteiger partial charge on any atom is -0.357 e. The van der Waals surface area contributed by atoms with E-state index in [0.717, 1.165) is 5.56 Å². The molecule has 0 aliphatic carbocycles. The molecule has 1 aromatic heterocycles. The molecule has 0 unspecified atom stereocenters. The average molecular weight is 277 g/mol. The second kappa shape index (κ2) is 7.01. The lowest BCUT2D eigenvalue weighted by Crippen LogP contribution is -2.38. The Hall–Kier alpha value is -1.73. The van der Waals surface area contributed by atoms with Crippen molar-refractivity contribution >= 4 is 5.96 Å². The number of hydrogen-bond acceptors (Lipinski definition) is 2. The predicted octanol–water partition coefficient (Wildman–Crippen LogP) is 1.43. The van der Waals surface area contributed by atoms with Crippen LogP contribution >= 0.6 is 0 Å². The van der Waals surface area contributed by atoms with Crippen LogP contribution in [0.2, 0.25) is 0 Å². The van der Waals surface area contributed by atoms with Crippen LogP contribution in [0.25, 0.3) is 0 Å². The topological polar surface area (TPSA) is 54.2 Å². The maximum Gasteiger partial charge on any atom is 0.390 e. The summed E-state index contributed by atoms with van der Waals surface area (Å²) in [7, 11) is 1.79. The molecule has 0 saturated carbocycles. The van der Waals surface area contributed by atoms with Crippen LogP contribution in [0.1, 0.15) is 18.9 Å². The van der Waals surface area contributed by atoms with Crippen LogP contribution in [0.15, 0.2) is 17.4 Å². The molecule has 0 radical (unpaired) electrons. The molecule has 5 nitrogen and oxygen atoms in total. The molecule has 0 bridgehead atoms. The lowest BCUT2D eigenvalue weighted by Gasteiger charge is -2.12. The highest BCUT2D eigenvalue weighted by atomic mass is 19.4. The molecule has 0 aliphatic rings. The van der Waals surface area contributed by atoms with Gasteiger partial charge in [-0.05, 0) is 6.92 Å². The fraction of sp³-hybridized carbons (Fsp3) is 0.636. The van der Waals surface area contributed by atoms with Gasteiger partial charge in [-0.25, -0.2) is 4.99 Å². The first-order chi connectivity index (χ1) is 8.90. The van der Waals surface area contributed by atoms with Crippen molar-refractivity contribution in [3.8, 4) is 0 Å². The zero-order valence-electron chi connectivity index (χ0n) is 11.0. The van der Waals surface area contributed by atoms with Crippen LogP contribution in [-0.4, -0.2) is 35.0 Å². The van der Waals surface area contributed by atoms with Gasteiger partial charge in [-0.15, -0.1) is 0 Å². The number of aliphatic imine (C=N–C) groups is 1. The van der Waals surface area contributed by atoms with Crippen LogP contribution in [0.5, 0.6) is 0 Å². The van der Waals surface area contributed by atoms with Gasteiger partial charge in [0.1, 0.15) is 0 Å². The maximum atomic E-state index is 12.0. The number of alkyl halides is 3. The van der Waals surface area contributed by atoms with Gasteiger partial charge >= 0.3 is 6.18 Å². The molecular formula is C11H18F3N5. The standard InChI is InChI=1S/C11H18F3N5/c1-3-15-10(16-5-4-11(12,13)14)17-6-9-7-18-19(2)8-9/h7-8H,3-6H2,1-2H3,(H2,15,16,17). The van der Waals surface area contributed by atoms with Crippen molar-refractivity contribution < 1.29 is 13.2 Å². The molecule has 0 saturated heterocycles. The Bertz CT molecular complexity index is 411. The Morgan fingerprint density at radius 2 is 2.16 bits per heavy atom. The molecule has 0 aromatic carbocycles. The van der Waals surface area contributed by atoms with Crippen molar-refractivity contribution in [2.45, 2.75) is 26.1 Å². The van der Waals surface area contributed by atoms with Gasteiger partial charge in [-0.1, -0.05) is 0 Å². The fourth-order valence-electron chi connectivity index (χ4n) is 1.39. The molecule has 0 fully saturated rings. The van der Waals surface area contributed by atoms with E-state index in [-0.39, 0.29) is 6.54 Å². The second-order valence-electron chi connectivity index (χ2n) is 4.01. The first-order valence-electron chi connectivity index (χ1n) is 5.97. The second-order valence-corrected chi connectivity index (χ2v) is 4.01. The average Bonchev–Trinajstić information content (AvgIpc) is 2.70. The van der Waals surface area contributed by atoms with Crippen molar-refractivity contribution in [1.82, 2.24) is 20.4 Å². The number of nitrogens with zero attached hydrogens (tertiary/aromatic N) is 3. The van der Waals surface area contributed by atoms with Gasteiger partial charge in [0.25, 0.3) is 0 Å². The molecule has 108 valence electrons. The predicted molar refractivity (Wildman–Crippen MR) is 66.7 cm³/mol. The summed E-state index contributed by atoms with van der Waals surface area (Å²) in [5.74, 6) is 0.371. The summed E-state index contributed by atoms with van der Waals surface area (Å²) in [6, 6.07) is 0. The molecule has 0 amide bonds. The summed E-state index contributed by atoms with van der Waals surface area (Å²) >= 11 is 0. The van der Waals surface area contributed by atoms with Gasteiger partial charge < -0.3 is 10.6 Å². The third-order valence-corrected chi connectivity index (χ3v) is 2.22. The Balaban J connectivity index is 2.46. The van der Waals surface area contributed by atoms with E-state index < -0.39 is 12.6 Å². The van der Waals surface area contributed by atoms with E-state index in [9.17, 15) is 13.2 Å². The van der Waals surface area contributed by atoms with Crippen molar-refractivity contribution in [1.29, 1.82) is 0 Å². The van der Waals surface area contributed by atoms with E-state index in [2.05, 4.69) is 20.7 Å². The Kier molecular flexibility index (Phi) is 5.65. The van der Waals surface area contributed by atoms with Gasteiger partial charge in [0.2, 0.25) is 0 Å². The van der Waals surface area contributed by atoms with Crippen LogP contribution in [-0.2, 0) is 13.6 Å². The van der Waals surface area contributed by atoms with E-state index in [1.54, 1.807) is 17.9 Å². The number of rotatable bonds is 5. The smallest absolute Gasteiger partial charge is 0.357 e. The van der Waals surface area contributed by atoms with Crippen LogP contribution in [0.3, 0.4) is 0 Å². The number of nitrogens with one attached hydrogen (secondary N) is 2. The number of guanidine groups is 1. The van der Waals surface area contributed by atoms with Gasteiger partial charge in [0.15, 0.2) is 5.96 Å². The van der Waals surface area contributed by atoms with Crippen LogP contribution in [0.4, 0.5) is 13.2 Å². The molecule has 0 spiro atoms. The zero-order chi connectivity index (χ0) is 14.3. The van der Waals surface area contributed by atoms with Crippen molar-refractivity contribution in [2.75, 3.05) is 13.1 Å². The van der Waals surface area contributed by atoms with Crippen molar-refractivity contribution in [3.63, 3.8) is 0 Å². The van der Waals surface area contributed by atoms with E-state index in [1.807, 2.05) is 13.1 Å².